The molecule has 1 heterocycles. The monoisotopic (exact) mass is 300 g/mol. The molecule has 0 amide bonds. The standard InChI is InChI=1S/C12H10Cl2N2OS/c13-9-1-2-11(15)12(5-9)18(17)7-8-3-4-16-6-10(8)14/h1-6H,7,15H2. The Balaban J connectivity index is 2.28. The van der Waals surface area contributed by atoms with Crippen molar-refractivity contribution in [2.75, 3.05) is 5.73 Å². The highest BCUT2D eigenvalue weighted by molar-refractivity contribution is 7.84. The van der Waals surface area contributed by atoms with E-state index in [1.54, 1.807) is 30.5 Å². The third-order valence-corrected chi connectivity index (χ3v) is 4.36. The molecule has 3 nitrogen and oxygen atoms in total. The van der Waals surface area contributed by atoms with E-state index in [0.29, 0.717) is 20.6 Å². The fraction of sp³-hybridized carbons (Fsp3) is 0.0833. The van der Waals surface area contributed by atoms with E-state index in [2.05, 4.69) is 4.98 Å². The number of pyridine rings is 1. The lowest BCUT2D eigenvalue weighted by Gasteiger charge is -2.07. The smallest absolute Gasteiger partial charge is 0.0635 e. The van der Waals surface area contributed by atoms with Gasteiger partial charge in [-0.3, -0.25) is 9.19 Å². The largest absolute Gasteiger partial charge is 0.398 e. The predicted molar refractivity (Wildman–Crippen MR) is 75.2 cm³/mol. The third-order valence-electron chi connectivity index (χ3n) is 2.36. The van der Waals surface area contributed by atoms with Gasteiger partial charge in [0.05, 0.1) is 26.5 Å². The quantitative estimate of drug-likeness (QED) is 0.885. The maximum absolute atomic E-state index is 12.2. The van der Waals surface area contributed by atoms with Crippen LogP contribution in [-0.4, -0.2) is 9.19 Å². The average Bonchev–Trinajstić information content (AvgIpc) is 2.35. The first-order valence-corrected chi connectivity index (χ1v) is 7.17. The van der Waals surface area contributed by atoms with Crippen LogP contribution in [0.4, 0.5) is 5.69 Å². The van der Waals surface area contributed by atoms with Gasteiger partial charge in [0.2, 0.25) is 0 Å². The fourth-order valence-corrected chi connectivity index (χ4v) is 3.23. The molecule has 6 heteroatoms. The van der Waals surface area contributed by atoms with E-state index in [9.17, 15) is 4.21 Å². The fourth-order valence-electron chi connectivity index (χ4n) is 1.45. The lowest BCUT2D eigenvalue weighted by atomic mass is 10.3. The predicted octanol–water partition coefficient (Wildman–Crippen LogP) is 3.28. The van der Waals surface area contributed by atoms with Crippen molar-refractivity contribution in [3.05, 3.63) is 52.3 Å². The van der Waals surface area contributed by atoms with E-state index in [-0.39, 0.29) is 5.75 Å². The summed E-state index contributed by atoms with van der Waals surface area (Å²) in [5, 5.41) is 1.000. The highest BCUT2D eigenvalue weighted by Gasteiger charge is 2.11. The van der Waals surface area contributed by atoms with Crippen LogP contribution in [0, 0.1) is 0 Å². The number of hydrogen-bond acceptors (Lipinski definition) is 3. The van der Waals surface area contributed by atoms with Crippen LogP contribution in [0.25, 0.3) is 0 Å². The van der Waals surface area contributed by atoms with Crippen molar-refractivity contribution in [1.29, 1.82) is 0 Å². The van der Waals surface area contributed by atoms with E-state index < -0.39 is 10.8 Å². The Hall–Kier alpha value is -1.10. The molecule has 2 rings (SSSR count). The normalized spacial score (nSPS) is 12.3. The second kappa shape index (κ2) is 5.69. The summed E-state index contributed by atoms with van der Waals surface area (Å²) in [5.74, 6) is 0.284. The lowest BCUT2D eigenvalue weighted by Crippen LogP contribution is -2.01. The summed E-state index contributed by atoms with van der Waals surface area (Å²) >= 11 is 11.8. The van der Waals surface area contributed by atoms with E-state index in [0.717, 1.165) is 5.56 Å². The molecule has 0 aliphatic heterocycles. The summed E-state index contributed by atoms with van der Waals surface area (Å²) in [5.41, 5.74) is 7.01. The number of nitrogens with two attached hydrogens (primary N) is 1. The summed E-state index contributed by atoms with van der Waals surface area (Å²) in [6, 6.07) is 6.66. The number of nitrogens with zero attached hydrogens (tertiary/aromatic N) is 1. The molecular formula is C12H10Cl2N2OS. The molecule has 0 bridgehead atoms. The zero-order valence-corrected chi connectivity index (χ0v) is 11.6. The minimum atomic E-state index is -1.29. The Labute approximate surface area is 117 Å². The molecule has 1 atom stereocenters. The molecule has 18 heavy (non-hydrogen) atoms. The average molecular weight is 301 g/mol. The van der Waals surface area contributed by atoms with E-state index in [4.69, 9.17) is 28.9 Å². The van der Waals surface area contributed by atoms with Crippen molar-refractivity contribution < 1.29 is 4.21 Å². The van der Waals surface area contributed by atoms with Gasteiger partial charge in [-0.1, -0.05) is 23.2 Å². The number of halogens is 2. The SMILES string of the molecule is Nc1ccc(Cl)cc1S(=O)Cc1ccncc1Cl. The van der Waals surface area contributed by atoms with Crippen molar-refractivity contribution in [2.45, 2.75) is 10.6 Å². The highest BCUT2D eigenvalue weighted by atomic mass is 35.5. The number of benzene rings is 1. The first kappa shape index (κ1) is 13.3. The van der Waals surface area contributed by atoms with Gasteiger partial charge < -0.3 is 5.73 Å². The topological polar surface area (TPSA) is 56.0 Å². The molecular weight excluding hydrogens is 291 g/mol. The van der Waals surface area contributed by atoms with E-state index >= 15 is 0 Å². The van der Waals surface area contributed by atoms with Crippen LogP contribution < -0.4 is 5.73 Å². The molecule has 2 aromatic rings. The van der Waals surface area contributed by atoms with Crippen molar-refractivity contribution >= 4 is 39.7 Å². The van der Waals surface area contributed by atoms with Crippen LogP contribution >= 0.6 is 23.2 Å². The zero-order valence-electron chi connectivity index (χ0n) is 9.27. The molecule has 0 saturated carbocycles. The summed E-state index contributed by atoms with van der Waals surface area (Å²) in [4.78, 5) is 4.40. The Morgan fingerprint density at radius 3 is 2.78 bits per heavy atom. The Kier molecular flexibility index (Phi) is 4.22. The Morgan fingerprint density at radius 1 is 1.28 bits per heavy atom. The molecule has 0 radical (unpaired) electrons. The number of anilines is 1. The minimum Gasteiger partial charge on any atom is -0.398 e. The van der Waals surface area contributed by atoms with Gasteiger partial charge in [-0.2, -0.15) is 0 Å². The van der Waals surface area contributed by atoms with Crippen LogP contribution in [0.2, 0.25) is 10.0 Å². The van der Waals surface area contributed by atoms with Crippen molar-refractivity contribution in [3.8, 4) is 0 Å². The van der Waals surface area contributed by atoms with Crippen LogP contribution in [-0.2, 0) is 16.6 Å². The van der Waals surface area contributed by atoms with Gasteiger partial charge in [-0.25, -0.2) is 0 Å². The van der Waals surface area contributed by atoms with Crippen LogP contribution in [0.5, 0.6) is 0 Å². The van der Waals surface area contributed by atoms with Gasteiger partial charge in [0, 0.05) is 23.1 Å². The van der Waals surface area contributed by atoms with Gasteiger partial charge in [0.1, 0.15) is 0 Å². The molecule has 1 aromatic heterocycles. The van der Waals surface area contributed by atoms with Crippen molar-refractivity contribution in [2.24, 2.45) is 0 Å². The van der Waals surface area contributed by atoms with E-state index in [1.165, 1.54) is 6.20 Å². The maximum Gasteiger partial charge on any atom is 0.0635 e. The molecule has 0 aliphatic carbocycles. The van der Waals surface area contributed by atoms with Gasteiger partial charge in [-0.05, 0) is 29.8 Å². The number of hydrogen-bond donors (Lipinski definition) is 1. The van der Waals surface area contributed by atoms with Crippen LogP contribution in [0.1, 0.15) is 5.56 Å². The Bertz CT molecular complexity index is 604. The number of aromatic nitrogens is 1. The first-order valence-electron chi connectivity index (χ1n) is 5.09. The Morgan fingerprint density at radius 2 is 2.06 bits per heavy atom. The van der Waals surface area contributed by atoms with Gasteiger partial charge >= 0.3 is 0 Å². The van der Waals surface area contributed by atoms with Gasteiger partial charge in [0.15, 0.2) is 0 Å². The number of nitrogen functional groups attached to an aromatic ring is 1. The first-order chi connectivity index (χ1) is 8.58. The second-order valence-electron chi connectivity index (χ2n) is 3.64. The zero-order chi connectivity index (χ0) is 13.1. The lowest BCUT2D eigenvalue weighted by molar-refractivity contribution is 0.683. The summed E-state index contributed by atoms with van der Waals surface area (Å²) < 4.78 is 12.2. The summed E-state index contributed by atoms with van der Waals surface area (Å²) in [7, 11) is -1.29. The summed E-state index contributed by atoms with van der Waals surface area (Å²) in [6.07, 6.45) is 3.13. The highest BCUT2D eigenvalue weighted by Crippen LogP contribution is 2.25. The van der Waals surface area contributed by atoms with Gasteiger partial charge in [-0.15, -0.1) is 0 Å². The maximum atomic E-state index is 12.2. The minimum absolute atomic E-state index is 0.284. The van der Waals surface area contributed by atoms with Crippen molar-refractivity contribution in [1.82, 2.24) is 4.98 Å². The molecule has 0 spiro atoms. The van der Waals surface area contributed by atoms with Crippen LogP contribution in [0.15, 0.2) is 41.6 Å². The molecule has 1 aromatic carbocycles. The third kappa shape index (κ3) is 3.02. The molecule has 94 valence electrons. The molecule has 2 N–H and O–H groups in total. The van der Waals surface area contributed by atoms with Gasteiger partial charge in [0.25, 0.3) is 0 Å². The van der Waals surface area contributed by atoms with Crippen LogP contribution in [0.3, 0.4) is 0 Å². The number of rotatable bonds is 3. The molecule has 0 aliphatic rings. The molecule has 1 unspecified atom stereocenters. The second-order valence-corrected chi connectivity index (χ2v) is 5.90. The molecule has 0 fully saturated rings. The van der Waals surface area contributed by atoms with Crippen molar-refractivity contribution in [3.63, 3.8) is 0 Å². The summed E-state index contributed by atoms with van der Waals surface area (Å²) in [6.45, 7) is 0. The van der Waals surface area contributed by atoms with E-state index in [1.807, 2.05) is 0 Å². The molecule has 0 saturated heterocycles.